The normalized spacial score (nSPS) is 24.7. The van der Waals surface area contributed by atoms with Crippen LogP contribution in [0.3, 0.4) is 0 Å². The largest absolute Gasteiger partial charge is 0.368 e. The van der Waals surface area contributed by atoms with E-state index in [2.05, 4.69) is 11.1 Å². The minimum absolute atomic E-state index is 0.320. The van der Waals surface area contributed by atoms with Crippen molar-refractivity contribution < 1.29 is 14.0 Å². The van der Waals surface area contributed by atoms with Crippen LogP contribution in [0.1, 0.15) is 27.4 Å². The van der Waals surface area contributed by atoms with Crippen molar-refractivity contribution in [3.05, 3.63) is 101 Å². The van der Waals surface area contributed by atoms with Crippen molar-refractivity contribution in [1.82, 2.24) is 4.98 Å². The van der Waals surface area contributed by atoms with Gasteiger partial charge in [0, 0.05) is 40.1 Å². The highest BCUT2D eigenvalue weighted by Crippen LogP contribution is 2.55. The molecule has 34 heavy (non-hydrogen) atoms. The van der Waals surface area contributed by atoms with Crippen molar-refractivity contribution >= 4 is 35.1 Å². The zero-order valence-electron chi connectivity index (χ0n) is 17.7. The first-order valence-corrected chi connectivity index (χ1v) is 10.9. The van der Waals surface area contributed by atoms with Gasteiger partial charge in [-0.15, -0.1) is 0 Å². The van der Waals surface area contributed by atoms with Crippen LogP contribution < -0.4 is 10.6 Å². The van der Waals surface area contributed by atoms with Crippen LogP contribution in [0.2, 0.25) is 5.02 Å². The summed E-state index contributed by atoms with van der Waals surface area (Å²) in [5, 5.41) is 10.9. The van der Waals surface area contributed by atoms with Gasteiger partial charge in [0.05, 0.1) is 12.1 Å². The number of Topliss-reactive ketones (excluding diaryl/α,β-unsaturated/α-hetero) is 1. The van der Waals surface area contributed by atoms with Crippen LogP contribution in [0.5, 0.6) is 0 Å². The van der Waals surface area contributed by atoms with Gasteiger partial charge in [-0.25, -0.2) is 4.39 Å². The van der Waals surface area contributed by atoms with Gasteiger partial charge >= 0.3 is 0 Å². The van der Waals surface area contributed by atoms with Crippen LogP contribution in [-0.2, 0) is 4.79 Å². The highest BCUT2D eigenvalue weighted by molar-refractivity contribution is 6.30. The second-order valence-corrected chi connectivity index (χ2v) is 8.78. The molecule has 3 heterocycles. The average Bonchev–Trinajstić information content (AvgIpc) is 3.16. The van der Waals surface area contributed by atoms with Gasteiger partial charge in [-0.1, -0.05) is 29.8 Å². The third-order valence-electron chi connectivity index (χ3n) is 6.63. The number of fused-ring (bicyclic) bond motifs is 3. The topological polar surface area (TPSA) is 100 Å². The molecule has 0 saturated carbocycles. The molecule has 168 valence electrons. The van der Waals surface area contributed by atoms with E-state index < -0.39 is 35.1 Å². The Morgan fingerprint density at radius 2 is 1.94 bits per heavy atom. The number of benzene rings is 2. The molecule has 4 atom stereocenters. The summed E-state index contributed by atoms with van der Waals surface area (Å²) in [6, 6.07) is 14.3. The van der Waals surface area contributed by atoms with Gasteiger partial charge in [0.1, 0.15) is 11.9 Å². The van der Waals surface area contributed by atoms with E-state index in [1.54, 1.807) is 65.7 Å². The monoisotopic (exact) mass is 472 g/mol. The quantitative estimate of drug-likeness (QED) is 0.576. The van der Waals surface area contributed by atoms with Crippen LogP contribution in [0, 0.1) is 22.6 Å². The molecule has 1 saturated heterocycles. The molecular weight excluding hydrogens is 455 g/mol. The highest BCUT2D eigenvalue weighted by atomic mass is 35.5. The number of hydrogen-bond acceptors (Lipinski definition) is 5. The highest BCUT2D eigenvalue weighted by Gasteiger charge is 2.65. The Morgan fingerprint density at radius 1 is 1.18 bits per heavy atom. The summed E-state index contributed by atoms with van der Waals surface area (Å²) in [4.78, 5) is 33.0. The van der Waals surface area contributed by atoms with Gasteiger partial charge < -0.3 is 10.6 Å². The van der Waals surface area contributed by atoms with Gasteiger partial charge in [-0.2, -0.15) is 5.26 Å². The predicted molar refractivity (Wildman–Crippen MR) is 125 cm³/mol. The number of ketones is 1. The smallest absolute Gasteiger partial charge is 0.241 e. The average molecular weight is 473 g/mol. The van der Waals surface area contributed by atoms with E-state index in [1.165, 1.54) is 18.3 Å². The number of pyridine rings is 1. The summed E-state index contributed by atoms with van der Waals surface area (Å²) in [5.74, 6) is -2.54. The van der Waals surface area contributed by atoms with E-state index in [9.17, 15) is 19.2 Å². The fourth-order valence-corrected chi connectivity index (χ4v) is 5.30. The van der Waals surface area contributed by atoms with Crippen LogP contribution in [-0.4, -0.2) is 28.8 Å². The number of halogens is 2. The van der Waals surface area contributed by atoms with Crippen LogP contribution in [0.4, 0.5) is 10.1 Å². The Morgan fingerprint density at radius 3 is 2.59 bits per heavy atom. The van der Waals surface area contributed by atoms with E-state index in [0.29, 0.717) is 27.4 Å². The molecule has 2 N–H and O–H groups in total. The van der Waals surface area contributed by atoms with Crippen molar-refractivity contribution in [2.45, 2.75) is 18.0 Å². The number of nitrogens with zero attached hydrogens (tertiary/aromatic N) is 3. The number of amides is 1. The molecule has 2 aromatic carbocycles. The summed E-state index contributed by atoms with van der Waals surface area (Å²) < 4.78 is 14.0. The lowest BCUT2D eigenvalue weighted by atomic mass is 9.68. The van der Waals surface area contributed by atoms with E-state index >= 15 is 0 Å². The molecule has 1 amide bonds. The van der Waals surface area contributed by atoms with Gasteiger partial charge in [0.15, 0.2) is 11.2 Å². The maximum atomic E-state index is 14.0. The Bertz CT molecular complexity index is 1370. The van der Waals surface area contributed by atoms with Crippen molar-refractivity contribution in [2.75, 3.05) is 4.90 Å². The zero-order valence-corrected chi connectivity index (χ0v) is 18.5. The maximum Gasteiger partial charge on any atom is 0.241 e. The lowest BCUT2D eigenvalue weighted by Gasteiger charge is -2.36. The molecule has 8 heteroatoms. The fraction of sp³-hybridized carbons (Fsp3) is 0.154. The Hall–Kier alpha value is -4.02. The van der Waals surface area contributed by atoms with E-state index in [-0.39, 0.29) is 5.78 Å². The van der Waals surface area contributed by atoms with Crippen molar-refractivity contribution in [1.29, 1.82) is 5.26 Å². The standard InChI is InChI=1S/C26H18ClFN4O2/c27-18-6-3-15(4-7-18)24(33)23-22(17-2-1-11-31-13-17)26(14-29,25(30)34)21-10-5-16-12-19(28)8-9-20(16)32(21)23/h1-13,21-23H,(H2,30,34)/t21-,22-,23+,26-/m1/s1. The number of nitrogens with two attached hydrogens (primary N) is 1. The van der Waals surface area contributed by atoms with Crippen LogP contribution >= 0.6 is 11.6 Å². The molecule has 3 aromatic rings. The maximum absolute atomic E-state index is 14.0. The molecule has 0 spiro atoms. The number of carbonyl (C=O) groups is 2. The van der Waals surface area contributed by atoms with Crippen molar-refractivity contribution in [3.8, 4) is 6.07 Å². The number of nitriles is 1. The number of hydrogen-bond donors (Lipinski definition) is 1. The molecule has 0 radical (unpaired) electrons. The van der Waals surface area contributed by atoms with Gasteiger partial charge in [0.2, 0.25) is 5.91 Å². The fourth-order valence-electron chi connectivity index (χ4n) is 5.18. The molecule has 5 rings (SSSR count). The summed E-state index contributed by atoms with van der Waals surface area (Å²) in [6.45, 7) is 0. The van der Waals surface area contributed by atoms with Crippen LogP contribution in [0.15, 0.2) is 73.1 Å². The van der Waals surface area contributed by atoms with Gasteiger partial charge in [-0.05, 0) is 54.1 Å². The molecule has 2 aliphatic rings. The number of aromatic nitrogens is 1. The first-order chi connectivity index (χ1) is 16.4. The molecule has 1 fully saturated rings. The lowest BCUT2D eigenvalue weighted by Crippen LogP contribution is -2.49. The third kappa shape index (κ3) is 3.11. The van der Waals surface area contributed by atoms with Crippen molar-refractivity contribution in [3.63, 3.8) is 0 Å². The summed E-state index contributed by atoms with van der Waals surface area (Å²) in [7, 11) is 0. The summed E-state index contributed by atoms with van der Waals surface area (Å²) >= 11 is 6.02. The second kappa shape index (κ2) is 8.08. The number of carbonyl (C=O) groups excluding carboxylic acids is 2. The van der Waals surface area contributed by atoms with E-state index in [1.807, 2.05) is 0 Å². The van der Waals surface area contributed by atoms with Crippen LogP contribution in [0.25, 0.3) is 6.08 Å². The van der Waals surface area contributed by atoms with E-state index in [4.69, 9.17) is 17.3 Å². The molecule has 2 aliphatic heterocycles. The second-order valence-electron chi connectivity index (χ2n) is 8.34. The molecule has 0 aliphatic carbocycles. The molecule has 1 aromatic heterocycles. The SMILES string of the molecule is N#C[C@]1(C(N)=O)[C@H](c2cccnc2)[C@@H](C(=O)c2ccc(Cl)cc2)N2c3ccc(F)cc3C=C[C@@H]21. The molecule has 0 bridgehead atoms. The third-order valence-corrected chi connectivity index (χ3v) is 6.88. The summed E-state index contributed by atoms with van der Waals surface area (Å²) in [6.07, 6.45) is 6.41. The Balaban J connectivity index is 1.80. The minimum atomic E-state index is -1.78. The Labute approximate surface area is 200 Å². The minimum Gasteiger partial charge on any atom is -0.368 e. The number of rotatable bonds is 4. The molecular formula is C26H18ClFN4O2. The lowest BCUT2D eigenvalue weighted by molar-refractivity contribution is -0.125. The zero-order chi connectivity index (χ0) is 24.0. The van der Waals surface area contributed by atoms with E-state index in [0.717, 1.165) is 0 Å². The first kappa shape index (κ1) is 21.8. The predicted octanol–water partition coefficient (Wildman–Crippen LogP) is 4.12. The number of primary amides is 1. The first-order valence-electron chi connectivity index (χ1n) is 10.6. The summed E-state index contributed by atoms with van der Waals surface area (Å²) in [5.41, 5.74) is 6.09. The van der Waals surface area contributed by atoms with Gasteiger partial charge in [-0.3, -0.25) is 14.6 Å². The van der Waals surface area contributed by atoms with Crippen molar-refractivity contribution in [2.24, 2.45) is 11.1 Å². The molecule has 6 nitrogen and oxygen atoms in total. The van der Waals surface area contributed by atoms with Gasteiger partial charge in [0.25, 0.3) is 0 Å². The number of anilines is 1. The Kier molecular flexibility index (Phi) is 5.18. The molecule has 0 unspecified atom stereocenters.